The first-order valence-electron chi connectivity index (χ1n) is 7.00. The van der Waals surface area contributed by atoms with Crippen LogP contribution in [0.5, 0.6) is 11.5 Å². The average molecular weight is 263 g/mol. The van der Waals surface area contributed by atoms with Crippen LogP contribution in [0, 0.1) is 5.41 Å². The fraction of sp³-hybridized carbons (Fsp3) is 0.625. The third-order valence-electron chi connectivity index (χ3n) is 3.97. The highest BCUT2D eigenvalue weighted by molar-refractivity contribution is 5.43. The van der Waals surface area contributed by atoms with Crippen LogP contribution in [0.3, 0.4) is 0 Å². The van der Waals surface area contributed by atoms with Crippen LogP contribution in [0.2, 0.25) is 0 Å². The van der Waals surface area contributed by atoms with Crippen molar-refractivity contribution in [1.29, 1.82) is 0 Å². The van der Waals surface area contributed by atoms with Gasteiger partial charge in [-0.3, -0.25) is 0 Å². The Morgan fingerprint density at radius 3 is 2.47 bits per heavy atom. The van der Waals surface area contributed by atoms with Crippen molar-refractivity contribution < 1.29 is 9.47 Å². The first kappa shape index (κ1) is 14.2. The van der Waals surface area contributed by atoms with Gasteiger partial charge in [-0.1, -0.05) is 13.0 Å². The van der Waals surface area contributed by atoms with Crippen LogP contribution in [-0.2, 0) is 6.42 Å². The van der Waals surface area contributed by atoms with Crippen LogP contribution in [-0.4, -0.2) is 26.8 Å². The first-order chi connectivity index (χ1) is 9.06. The molecule has 0 aliphatic heterocycles. The summed E-state index contributed by atoms with van der Waals surface area (Å²) in [7, 11) is 3.34. The predicted molar refractivity (Wildman–Crippen MR) is 78.1 cm³/mol. The average Bonchev–Trinajstić information content (AvgIpc) is 3.15. The Kier molecular flexibility index (Phi) is 4.35. The molecule has 1 aliphatic carbocycles. The second-order valence-corrected chi connectivity index (χ2v) is 5.99. The third-order valence-corrected chi connectivity index (χ3v) is 3.97. The molecule has 1 aliphatic rings. The zero-order chi connectivity index (χ0) is 13.9. The lowest BCUT2D eigenvalue weighted by atomic mass is 10.0. The summed E-state index contributed by atoms with van der Waals surface area (Å²) in [4.78, 5) is 0. The monoisotopic (exact) mass is 263 g/mol. The van der Waals surface area contributed by atoms with Gasteiger partial charge < -0.3 is 14.8 Å². The number of ether oxygens (including phenoxy) is 2. The van der Waals surface area contributed by atoms with Crippen LogP contribution in [0.4, 0.5) is 0 Å². The molecule has 3 heteroatoms. The van der Waals surface area contributed by atoms with E-state index in [1.807, 2.05) is 6.07 Å². The smallest absolute Gasteiger partial charge is 0.160 e. The molecule has 0 amide bonds. The summed E-state index contributed by atoms with van der Waals surface area (Å²) in [5, 5.41) is 3.63. The van der Waals surface area contributed by atoms with Gasteiger partial charge in [-0.15, -0.1) is 0 Å². The van der Waals surface area contributed by atoms with Gasteiger partial charge in [-0.25, -0.2) is 0 Å². The highest BCUT2D eigenvalue weighted by Crippen LogP contribution is 2.44. The quantitative estimate of drug-likeness (QED) is 0.820. The molecule has 1 saturated carbocycles. The van der Waals surface area contributed by atoms with Gasteiger partial charge in [-0.05, 0) is 49.3 Å². The van der Waals surface area contributed by atoms with Crippen molar-refractivity contribution in [1.82, 2.24) is 5.32 Å². The predicted octanol–water partition coefficient (Wildman–Crippen LogP) is 3.02. The Labute approximate surface area is 116 Å². The number of methoxy groups -OCH3 is 2. The van der Waals surface area contributed by atoms with Gasteiger partial charge in [-0.2, -0.15) is 0 Å². The molecular weight excluding hydrogens is 238 g/mol. The Morgan fingerprint density at radius 2 is 1.89 bits per heavy atom. The molecule has 3 nitrogen and oxygen atoms in total. The Morgan fingerprint density at radius 1 is 1.21 bits per heavy atom. The summed E-state index contributed by atoms with van der Waals surface area (Å²) in [6, 6.07) is 6.63. The van der Waals surface area contributed by atoms with Crippen LogP contribution >= 0.6 is 0 Å². The molecular formula is C16H25NO2. The summed E-state index contributed by atoms with van der Waals surface area (Å²) in [6.45, 7) is 5.72. The normalized spacial score (nSPS) is 17.9. The largest absolute Gasteiger partial charge is 0.493 e. The number of nitrogens with one attached hydrogen (secondary N) is 1. The van der Waals surface area contributed by atoms with Crippen LogP contribution < -0.4 is 14.8 Å². The zero-order valence-electron chi connectivity index (χ0n) is 12.5. The highest BCUT2D eigenvalue weighted by Gasteiger charge is 2.36. The van der Waals surface area contributed by atoms with Crippen molar-refractivity contribution in [2.75, 3.05) is 20.8 Å². The molecule has 1 aromatic rings. The maximum absolute atomic E-state index is 5.34. The van der Waals surface area contributed by atoms with E-state index in [4.69, 9.17) is 9.47 Å². The molecule has 0 saturated heterocycles. The Bertz CT molecular complexity index is 427. The van der Waals surface area contributed by atoms with Gasteiger partial charge in [0.25, 0.3) is 0 Å². The number of hydrogen-bond acceptors (Lipinski definition) is 3. The van der Waals surface area contributed by atoms with Gasteiger partial charge in [0.1, 0.15) is 0 Å². The fourth-order valence-electron chi connectivity index (χ4n) is 2.24. The minimum Gasteiger partial charge on any atom is -0.493 e. The number of benzene rings is 1. The summed E-state index contributed by atoms with van der Waals surface area (Å²) >= 11 is 0. The van der Waals surface area contributed by atoms with E-state index < -0.39 is 0 Å². The molecule has 1 N–H and O–H groups in total. The lowest BCUT2D eigenvalue weighted by molar-refractivity contribution is 0.354. The van der Waals surface area contributed by atoms with E-state index in [-0.39, 0.29) is 0 Å². The second-order valence-electron chi connectivity index (χ2n) is 5.99. The van der Waals surface area contributed by atoms with Crippen molar-refractivity contribution in [3.05, 3.63) is 23.8 Å². The van der Waals surface area contributed by atoms with Crippen LogP contribution in [0.1, 0.15) is 32.3 Å². The number of hydrogen-bond donors (Lipinski definition) is 1. The summed E-state index contributed by atoms with van der Waals surface area (Å²) in [6.07, 6.45) is 3.74. The van der Waals surface area contributed by atoms with Crippen molar-refractivity contribution in [3.8, 4) is 11.5 Å². The number of rotatable bonds is 7. The highest BCUT2D eigenvalue weighted by atomic mass is 16.5. The minimum atomic E-state index is 0.482. The van der Waals surface area contributed by atoms with E-state index in [1.165, 1.54) is 18.4 Å². The molecule has 0 bridgehead atoms. The molecule has 1 atom stereocenters. The SMILES string of the molecule is COc1ccc(CC(C)NCC2(C)CC2)cc1OC. The van der Waals surface area contributed by atoms with Crippen LogP contribution in [0.25, 0.3) is 0 Å². The molecule has 2 rings (SSSR count). The summed E-state index contributed by atoms with van der Waals surface area (Å²) < 4.78 is 10.6. The summed E-state index contributed by atoms with van der Waals surface area (Å²) in [5.41, 5.74) is 1.84. The molecule has 0 heterocycles. The van der Waals surface area contributed by atoms with Gasteiger partial charge in [0.05, 0.1) is 14.2 Å². The van der Waals surface area contributed by atoms with E-state index in [2.05, 4.69) is 31.3 Å². The van der Waals surface area contributed by atoms with Gasteiger partial charge in [0.2, 0.25) is 0 Å². The molecule has 0 spiro atoms. The van der Waals surface area contributed by atoms with Crippen molar-refractivity contribution in [3.63, 3.8) is 0 Å². The summed E-state index contributed by atoms with van der Waals surface area (Å²) in [5.74, 6) is 1.60. The van der Waals surface area contributed by atoms with Crippen molar-refractivity contribution >= 4 is 0 Å². The Balaban J connectivity index is 1.90. The minimum absolute atomic E-state index is 0.482. The molecule has 106 valence electrons. The molecule has 0 radical (unpaired) electrons. The lowest BCUT2D eigenvalue weighted by Gasteiger charge is -2.18. The van der Waals surface area contributed by atoms with Gasteiger partial charge >= 0.3 is 0 Å². The topological polar surface area (TPSA) is 30.5 Å². The van der Waals surface area contributed by atoms with Gasteiger partial charge in [0.15, 0.2) is 11.5 Å². The van der Waals surface area contributed by atoms with E-state index >= 15 is 0 Å². The van der Waals surface area contributed by atoms with E-state index in [0.717, 1.165) is 24.5 Å². The standard InChI is InChI=1S/C16H25NO2/c1-12(17-11-16(2)7-8-16)9-13-5-6-14(18-3)15(10-13)19-4/h5-6,10,12,17H,7-9,11H2,1-4H3. The zero-order valence-corrected chi connectivity index (χ0v) is 12.5. The molecule has 19 heavy (non-hydrogen) atoms. The van der Waals surface area contributed by atoms with E-state index in [1.54, 1.807) is 14.2 Å². The third kappa shape index (κ3) is 3.87. The lowest BCUT2D eigenvalue weighted by Crippen LogP contribution is -2.32. The van der Waals surface area contributed by atoms with Crippen molar-refractivity contribution in [2.45, 2.75) is 39.2 Å². The maximum atomic E-state index is 5.34. The van der Waals surface area contributed by atoms with E-state index in [9.17, 15) is 0 Å². The van der Waals surface area contributed by atoms with Crippen LogP contribution in [0.15, 0.2) is 18.2 Å². The molecule has 1 aromatic carbocycles. The van der Waals surface area contributed by atoms with E-state index in [0.29, 0.717) is 11.5 Å². The second kappa shape index (κ2) is 5.83. The molecule has 1 unspecified atom stereocenters. The van der Waals surface area contributed by atoms with Crippen molar-refractivity contribution in [2.24, 2.45) is 5.41 Å². The Hall–Kier alpha value is -1.22. The fourth-order valence-corrected chi connectivity index (χ4v) is 2.24. The molecule has 0 aromatic heterocycles. The molecule has 1 fully saturated rings. The maximum Gasteiger partial charge on any atom is 0.160 e. The first-order valence-corrected chi connectivity index (χ1v) is 7.00. The van der Waals surface area contributed by atoms with Gasteiger partial charge in [0, 0.05) is 12.6 Å².